The van der Waals surface area contributed by atoms with E-state index in [4.69, 9.17) is 0 Å². The topological polar surface area (TPSA) is 100 Å². The molecule has 1 heterocycles. The van der Waals surface area contributed by atoms with E-state index in [2.05, 4.69) is 10.0 Å². The maximum atomic E-state index is 13.1. The van der Waals surface area contributed by atoms with Gasteiger partial charge in [-0.15, -0.1) is 0 Å². The normalized spacial score (nSPS) is 12.8. The number of hydrogen-bond donors (Lipinski definition) is 3. The Morgan fingerprint density at radius 1 is 1.38 bits per heavy atom. The summed E-state index contributed by atoms with van der Waals surface area (Å²) in [6, 6.07) is 6.66. The minimum absolute atomic E-state index is 0.0386. The number of hydrogen-bond acceptors (Lipinski definition) is 4. The summed E-state index contributed by atoms with van der Waals surface area (Å²) >= 11 is 0. The van der Waals surface area contributed by atoms with Crippen LogP contribution >= 0.6 is 0 Å². The molecule has 130 valence electrons. The molecule has 1 aromatic carbocycles. The number of aromatic nitrogens is 1. The van der Waals surface area contributed by atoms with E-state index < -0.39 is 27.9 Å². The van der Waals surface area contributed by atoms with Gasteiger partial charge in [0, 0.05) is 19.8 Å². The second-order valence-electron chi connectivity index (χ2n) is 5.16. The number of aliphatic hydroxyl groups excluding tert-OH is 1. The summed E-state index contributed by atoms with van der Waals surface area (Å²) in [6.07, 6.45) is 0.231. The first kappa shape index (κ1) is 18.1. The van der Waals surface area contributed by atoms with Gasteiger partial charge in [0.05, 0.1) is 6.10 Å². The number of nitrogens with zero attached hydrogens (tertiary/aromatic N) is 1. The quantitative estimate of drug-likeness (QED) is 0.704. The first-order valence-corrected chi connectivity index (χ1v) is 8.54. The number of halogens is 1. The zero-order valence-corrected chi connectivity index (χ0v) is 14.0. The van der Waals surface area contributed by atoms with E-state index in [1.807, 2.05) is 0 Å². The lowest BCUT2D eigenvalue weighted by atomic mass is 10.1. The Balaban J connectivity index is 2.08. The summed E-state index contributed by atoms with van der Waals surface area (Å²) in [7, 11) is -0.845. The standard InChI is InChI=1S/C15H18FN3O4S/c1-17-24(22,23)12-7-13(19(2)9-12)15(21)18-8-14(20)10-4-3-5-11(16)6-10/h3-7,9,14,17,20H,8H2,1-2H3,(H,18,21). The summed E-state index contributed by atoms with van der Waals surface area (Å²) in [6.45, 7) is -0.137. The molecule has 0 radical (unpaired) electrons. The minimum atomic E-state index is -3.65. The first-order valence-electron chi connectivity index (χ1n) is 7.06. The van der Waals surface area contributed by atoms with Crippen molar-refractivity contribution in [2.75, 3.05) is 13.6 Å². The van der Waals surface area contributed by atoms with Gasteiger partial charge < -0.3 is 15.0 Å². The Kier molecular flexibility index (Phi) is 5.37. The van der Waals surface area contributed by atoms with Crippen LogP contribution < -0.4 is 10.0 Å². The number of sulfonamides is 1. The lowest BCUT2D eigenvalue weighted by Crippen LogP contribution is -2.29. The Labute approximate surface area is 139 Å². The van der Waals surface area contributed by atoms with E-state index in [1.54, 1.807) is 6.07 Å². The smallest absolute Gasteiger partial charge is 0.268 e. The summed E-state index contributed by atoms with van der Waals surface area (Å²) in [4.78, 5) is 12.1. The number of rotatable bonds is 6. The number of carbonyl (C=O) groups excluding carboxylic acids is 1. The van der Waals surface area contributed by atoms with Gasteiger partial charge in [0.1, 0.15) is 16.4 Å². The van der Waals surface area contributed by atoms with Crippen molar-refractivity contribution in [3.05, 3.63) is 53.6 Å². The van der Waals surface area contributed by atoms with Crippen molar-refractivity contribution in [3.63, 3.8) is 0 Å². The third-order valence-corrected chi connectivity index (χ3v) is 4.86. The Morgan fingerprint density at radius 2 is 2.08 bits per heavy atom. The number of nitrogens with one attached hydrogen (secondary N) is 2. The third kappa shape index (κ3) is 3.99. The molecule has 9 heteroatoms. The fourth-order valence-electron chi connectivity index (χ4n) is 2.14. The molecule has 0 saturated heterocycles. The predicted octanol–water partition coefficient (Wildman–Crippen LogP) is 0.536. The summed E-state index contributed by atoms with van der Waals surface area (Å²) in [5.41, 5.74) is 0.455. The Bertz CT molecular complexity index is 848. The number of carbonyl (C=O) groups is 1. The van der Waals surface area contributed by atoms with E-state index in [-0.39, 0.29) is 17.1 Å². The number of amides is 1. The number of aryl methyl sites for hydroxylation is 1. The van der Waals surface area contributed by atoms with Crippen molar-refractivity contribution in [1.29, 1.82) is 0 Å². The summed E-state index contributed by atoms with van der Waals surface area (Å²) < 4.78 is 40.1. The average molecular weight is 355 g/mol. The zero-order valence-electron chi connectivity index (χ0n) is 13.2. The molecule has 0 aliphatic carbocycles. The molecule has 0 saturated carbocycles. The average Bonchev–Trinajstić information content (AvgIpc) is 2.95. The van der Waals surface area contributed by atoms with Crippen LogP contribution in [0.15, 0.2) is 41.4 Å². The fourth-order valence-corrected chi connectivity index (χ4v) is 2.94. The molecule has 24 heavy (non-hydrogen) atoms. The van der Waals surface area contributed by atoms with Gasteiger partial charge in [-0.3, -0.25) is 4.79 Å². The first-order chi connectivity index (χ1) is 11.2. The molecule has 1 amide bonds. The van der Waals surface area contributed by atoms with Crippen LogP contribution in [0.2, 0.25) is 0 Å². The second-order valence-corrected chi connectivity index (χ2v) is 7.05. The maximum Gasteiger partial charge on any atom is 0.268 e. The van der Waals surface area contributed by atoms with E-state index in [0.717, 1.165) is 0 Å². The van der Waals surface area contributed by atoms with Gasteiger partial charge in [0.2, 0.25) is 10.0 Å². The lowest BCUT2D eigenvalue weighted by Gasteiger charge is -2.12. The van der Waals surface area contributed by atoms with E-state index >= 15 is 0 Å². The van der Waals surface area contributed by atoms with Gasteiger partial charge in [-0.05, 0) is 30.8 Å². The fraction of sp³-hybridized carbons (Fsp3) is 0.267. The molecule has 0 spiro atoms. The Morgan fingerprint density at radius 3 is 2.71 bits per heavy atom. The monoisotopic (exact) mass is 355 g/mol. The highest BCUT2D eigenvalue weighted by molar-refractivity contribution is 7.89. The van der Waals surface area contributed by atoms with Gasteiger partial charge in [-0.2, -0.15) is 0 Å². The van der Waals surface area contributed by atoms with Crippen molar-refractivity contribution >= 4 is 15.9 Å². The highest BCUT2D eigenvalue weighted by Crippen LogP contribution is 2.15. The van der Waals surface area contributed by atoms with Crippen molar-refractivity contribution in [2.45, 2.75) is 11.0 Å². The van der Waals surface area contributed by atoms with E-state index in [0.29, 0.717) is 5.56 Å². The van der Waals surface area contributed by atoms with E-state index in [9.17, 15) is 22.7 Å². The van der Waals surface area contributed by atoms with Crippen LogP contribution in [-0.4, -0.2) is 37.6 Å². The van der Waals surface area contributed by atoms with Crippen LogP contribution in [0, 0.1) is 5.82 Å². The molecule has 2 aromatic rings. The van der Waals surface area contributed by atoms with Crippen LogP contribution in [0.4, 0.5) is 4.39 Å². The highest BCUT2D eigenvalue weighted by atomic mass is 32.2. The van der Waals surface area contributed by atoms with Gasteiger partial charge in [0.15, 0.2) is 0 Å². The van der Waals surface area contributed by atoms with E-state index in [1.165, 1.54) is 49.1 Å². The molecule has 0 aliphatic rings. The molecule has 3 N–H and O–H groups in total. The number of benzene rings is 1. The maximum absolute atomic E-state index is 13.1. The van der Waals surface area contributed by atoms with Crippen molar-refractivity contribution in [2.24, 2.45) is 7.05 Å². The van der Waals surface area contributed by atoms with Crippen molar-refractivity contribution in [1.82, 2.24) is 14.6 Å². The van der Waals surface area contributed by atoms with Crippen LogP contribution in [0.3, 0.4) is 0 Å². The lowest BCUT2D eigenvalue weighted by molar-refractivity contribution is 0.0908. The molecule has 0 aliphatic heterocycles. The molecule has 0 fully saturated rings. The third-order valence-electron chi connectivity index (χ3n) is 3.48. The zero-order chi connectivity index (χ0) is 17.9. The SMILES string of the molecule is CNS(=O)(=O)c1cc(C(=O)NCC(O)c2cccc(F)c2)n(C)c1. The van der Waals surface area contributed by atoms with Crippen LogP contribution in [0.25, 0.3) is 0 Å². The summed E-state index contributed by atoms with van der Waals surface area (Å²) in [5.74, 6) is -1.03. The molecule has 1 atom stereocenters. The van der Waals surface area contributed by atoms with Crippen LogP contribution in [-0.2, 0) is 17.1 Å². The van der Waals surface area contributed by atoms with Gasteiger partial charge in [0.25, 0.3) is 5.91 Å². The molecular formula is C15H18FN3O4S. The number of aliphatic hydroxyl groups is 1. The minimum Gasteiger partial charge on any atom is -0.387 e. The molecular weight excluding hydrogens is 337 g/mol. The van der Waals surface area contributed by atoms with Crippen LogP contribution in [0.1, 0.15) is 22.2 Å². The van der Waals surface area contributed by atoms with Crippen molar-refractivity contribution in [3.8, 4) is 0 Å². The van der Waals surface area contributed by atoms with Crippen molar-refractivity contribution < 1.29 is 22.7 Å². The predicted molar refractivity (Wildman–Crippen MR) is 85.4 cm³/mol. The van der Waals surface area contributed by atoms with Gasteiger partial charge >= 0.3 is 0 Å². The largest absolute Gasteiger partial charge is 0.387 e. The molecule has 0 bridgehead atoms. The molecule has 1 unspecified atom stereocenters. The Hall–Kier alpha value is -2.23. The van der Waals surface area contributed by atoms with Gasteiger partial charge in [-0.25, -0.2) is 17.5 Å². The molecule has 2 rings (SSSR count). The molecule has 1 aromatic heterocycles. The second kappa shape index (κ2) is 7.12. The molecule has 7 nitrogen and oxygen atoms in total. The van der Waals surface area contributed by atoms with Crippen LogP contribution in [0.5, 0.6) is 0 Å². The summed E-state index contributed by atoms with van der Waals surface area (Å²) in [5, 5.41) is 12.5. The highest BCUT2D eigenvalue weighted by Gasteiger charge is 2.19. The van der Waals surface area contributed by atoms with Gasteiger partial charge in [-0.1, -0.05) is 12.1 Å².